The highest BCUT2D eigenvalue weighted by Gasteiger charge is 2.25. The van der Waals surface area contributed by atoms with Crippen LogP contribution in [0.1, 0.15) is 29.8 Å². The topological polar surface area (TPSA) is 121 Å². The van der Waals surface area contributed by atoms with Gasteiger partial charge in [-0.25, -0.2) is 4.79 Å². The van der Waals surface area contributed by atoms with Crippen molar-refractivity contribution in [1.82, 2.24) is 15.3 Å². The van der Waals surface area contributed by atoms with Crippen molar-refractivity contribution in [3.63, 3.8) is 0 Å². The van der Waals surface area contributed by atoms with E-state index in [1.54, 1.807) is 0 Å². The Hall–Kier alpha value is -1.89. The van der Waals surface area contributed by atoms with E-state index in [4.69, 9.17) is 5.73 Å². The van der Waals surface area contributed by atoms with Crippen molar-refractivity contribution in [1.29, 1.82) is 0 Å². The molecule has 5 N–H and O–H groups in total. The second kappa shape index (κ2) is 4.54. The molecule has 0 spiro atoms. The summed E-state index contributed by atoms with van der Waals surface area (Å²) in [5.74, 6) is -0.476. The summed E-state index contributed by atoms with van der Waals surface area (Å²) in [4.78, 5) is 38.1. The molecule has 1 amide bonds. The van der Waals surface area contributed by atoms with E-state index in [9.17, 15) is 14.4 Å². The van der Waals surface area contributed by atoms with Gasteiger partial charge in [0.15, 0.2) is 0 Å². The van der Waals surface area contributed by atoms with E-state index in [0.29, 0.717) is 0 Å². The Balaban J connectivity index is 2.14. The lowest BCUT2D eigenvalue weighted by molar-refractivity contribution is 0.0929. The van der Waals surface area contributed by atoms with Gasteiger partial charge in [-0.15, -0.1) is 0 Å². The summed E-state index contributed by atoms with van der Waals surface area (Å²) in [5, 5.41) is 2.71. The molecule has 0 radical (unpaired) electrons. The van der Waals surface area contributed by atoms with Crippen LogP contribution in [0.3, 0.4) is 0 Å². The average Bonchev–Trinajstić information content (AvgIpc) is 2.63. The fourth-order valence-electron chi connectivity index (χ4n) is 2.01. The largest absolute Gasteiger partial charge is 0.346 e. The highest BCUT2D eigenvalue weighted by Crippen LogP contribution is 2.17. The van der Waals surface area contributed by atoms with Gasteiger partial charge in [0, 0.05) is 18.2 Å². The van der Waals surface area contributed by atoms with Gasteiger partial charge < -0.3 is 16.0 Å². The minimum atomic E-state index is -0.696. The van der Waals surface area contributed by atoms with Crippen molar-refractivity contribution in [3.05, 3.63) is 32.6 Å². The number of amides is 1. The molecule has 2 atom stereocenters. The standard InChI is InChI=1S/C10H14N4O3/c11-5-2-1-3-6(5)12-9(16)7-4-8(15)14-10(17)13-7/h4-6H,1-3,11H2,(H,12,16)(H2,13,14,15,17). The van der Waals surface area contributed by atoms with Crippen LogP contribution in [0.25, 0.3) is 0 Å². The molecule has 1 aromatic heterocycles. The van der Waals surface area contributed by atoms with Gasteiger partial charge >= 0.3 is 5.69 Å². The van der Waals surface area contributed by atoms with E-state index in [1.165, 1.54) is 0 Å². The maximum Gasteiger partial charge on any atom is 0.326 e. The zero-order valence-electron chi connectivity index (χ0n) is 9.16. The normalized spacial score (nSPS) is 23.6. The summed E-state index contributed by atoms with van der Waals surface area (Å²) < 4.78 is 0. The Bertz CT molecular complexity index is 505. The van der Waals surface area contributed by atoms with Crippen LogP contribution in [0.15, 0.2) is 15.7 Å². The molecule has 1 heterocycles. The molecule has 2 unspecified atom stereocenters. The Morgan fingerprint density at radius 2 is 2.12 bits per heavy atom. The van der Waals surface area contributed by atoms with Crippen molar-refractivity contribution < 1.29 is 4.79 Å². The van der Waals surface area contributed by atoms with Gasteiger partial charge in [0.2, 0.25) is 0 Å². The number of nitrogens with one attached hydrogen (secondary N) is 3. The Kier molecular flexibility index (Phi) is 3.10. The number of aromatic nitrogens is 2. The van der Waals surface area contributed by atoms with Crippen molar-refractivity contribution in [3.8, 4) is 0 Å². The lowest BCUT2D eigenvalue weighted by atomic mass is 10.2. The first kappa shape index (κ1) is 11.6. The third kappa shape index (κ3) is 2.62. The predicted octanol–water partition coefficient (Wildman–Crippen LogP) is -1.33. The third-order valence-corrected chi connectivity index (χ3v) is 2.89. The number of hydrogen-bond acceptors (Lipinski definition) is 4. The summed E-state index contributed by atoms with van der Waals surface area (Å²) in [6.45, 7) is 0. The molecule has 7 nitrogen and oxygen atoms in total. The van der Waals surface area contributed by atoms with Crippen LogP contribution >= 0.6 is 0 Å². The van der Waals surface area contributed by atoms with Crippen LogP contribution in [-0.2, 0) is 0 Å². The van der Waals surface area contributed by atoms with Gasteiger partial charge in [0.25, 0.3) is 11.5 Å². The number of H-pyrrole nitrogens is 2. The van der Waals surface area contributed by atoms with E-state index in [-0.39, 0.29) is 17.8 Å². The van der Waals surface area contributed by atoms with Gasteiger partial charge in [0.05, 0.1) is 0 Å². The second-order valence-electron chi connectivity index (χ2n) is 4.18. The molecular weight excluding hydrogens is 224 g/mol. The third-order valence-electron chi connectivity index (χ3n) is 2.89. The summed E-state index contributed by atoms with van der Waals surface area (Å²) >= 11 is 0. The zero-order valence-corrected chi connectivity index (χ0v) is 9.16. The van der Waals surface area contributed by atoms with E-state index < -0.39 is 17.2 Å². The molecule has 1 aliphatic rings. The van der Waals surface area contributed by atoms with E-state index in [1.807, 2.05) is 4.98 Å². The van der Waals surface area contributed by atoms with E-state index >= 15 is 0 Å². The molecule has 0 bridgehead atoms. The summed E-state index contributed by atoms with van der Waals surface area (Å²) in [5.41, 5.74) is 4.47. The zero-order chi connectivity index (χ0) is 12.4. The van der Waals surface area contributed by atoms with Crippen LogP contribution in [0, 0.1) is 0 Å². The average molecular weight is 238 g/mol. The van der Waals surface area contributed by atoms with Crippen LogP contribution in [0.5, 0.6) is 0 Å². The molecule has 7 heteroatoms. The monoisotopic (exact) mass is 238 g/mol. The number of carbonyl (C=O) groups is 1. The molecule has 1 saturated carbocycles. The van der Waals surface area contributed by atoms with Crippen LogP contribution in [0.2, 0.25) is 0 Å². The molecular formula is C10H14N4O3. The van der Waals surface area contributed by atoms with Gasteiger partial charge in [-0.3, -0.25) is 14.6 Å². The summed E-state index contributed by atoms with van der Waals surface area (Å²) in [7, 11) is 0. The van der Waals surface area contributed by atoms with Gasteiger partial charge in [0.1, 0.15) is 5.69 Å². The Morgan fingerprint density at radius 3 is 2.71 bits per heavy atom. The highest BCUT2D eigenvalue weighted by molar-refractivity contribution is 5.92. The first-order valence-electron chi connectivity index (χ1n) is 5.46. The Labute approximate surface area is 96.4 Å². The van der Waals surface area contributed by atoms with Gasteiger partial charge in [-0.1, -0.05) is 0 Å². The molecule has 0 aliphatic heterocycles. The number of carbonyl (C=O) groups excluding carboxylic acids is 1. The van der Waals surface area contributed by atoms with Gasteiger partial charge in [-0.05, 0) is 19.3 Å². The van der Waals surface area contributed by atoms with Crippen LogP contribution in [-0.4, -0.2) is 28.0 Å². The predicted molar refractivity (Wildman–Crippen MR) is 60.8 cm³/mol. The second-order valence-corrected chi connectivity index (χ2v) is 4.18. The van der Waals surface area contributed by atoms with Crippen LogP contribution in [0.4, 0.5) is 0 Å². The van der Waals surface area contributed by atoms with Crippen molar-refractivity contribution >= 4 is 5.91 Å². The maximum atomic E-state index is 11.8. The van der Waals surface area contributed by atoms with Crippen LogP contribution < -0.4 is 22.3 Å². The lowest BCUT2D eigenvalue weighted by Gasteiger charge is -2.16. The SMILES string of the molecule is NC1CCCC1NC(=O)c1cc(=O)[nH]c(=O)[nH]1. The number of rotatable bonds is 2. The van der Waals surface area contributed by atoms with E-state index in [2.05, 4.69) is 10.3 Å². The molecule has 1 fully saturated rings. The number of hydrogen-bond donors (Lipinski definition) is 4. The van der Waals surface area contributed by atoms with Crippen molar-refractivity contribution in [2.45, 2.75) is 31.3 Å². The smallest absolute Gasteiger partial charge is 0.326 e. The fraction of sp³-hybridized carbons (Fsp3) is 0.500. The quantitative estimate of drug-likeness (QED) is 0.510. The Morgan fingerprint density at radius 1 is 1.35 bits per heavy atom. The molecule has 92 valence electrons. The van der Waals surface area contributed by atoms with Crippen molar-refractivity contribution in [2.24, 2.45) is 5.73 Å². The fourth-order valence-corrected chi connectivity index (χ4v) is 2.01. The molecule has 0 saturated heterocycles. The highest BCUT2D eigenvalue weighted by atomic mass is 16.2. The molecule has 2 rings (SSSR count). The minimum absolute atomic E-state index is 0.0437. The lowest BCUT2D eigenvalue weighted by Crippen LogP contribution is -2.44. The summed E-state index contributed by atoms with van der Waals surface area (Å²) in [6, 6.07) is 0.898. The van der Waals surface area contributed by atoms with Gasteiger partial charge in [-0.2, -0.15) is 0 Å². The summed E-state index contributed by atoms with van der Waals surface area (Å²) in [6.07, 6.45) is 2.66. The number of aromatic amines is 2. The number of nitrogens with two attached hydrogens (primary N) is 1. The minimum Gasteiger partial charge on any atom is -0.346 e. The maximum absolute atomic E-state index is 11.8. The van der Waals surface area contributed by atoms with Crippen molar-refractivity contribution in [2.75, 3.05) is 0 Å². The first-order valence-corrected chi connectivity index (χ1v) is 5.46. The molecule has 1 aliphatic carbocycles. The molecule has 1 aromatic rings. The molecule has 0 aromatic carbocycles. The molecule has 17 heavy (non-hydrogen) atoms. The van der Waals surface area contributed by atoms with E-state index in [0.717, 1.165) is 25.3 Å². The first-order chi connectivity index (χ1) is 8.06.